The van der Waals surface area contributed by atoms with Crippen LogP contribution in [0.15, 0.2) is 46.3 Å². The Balaban J connectivity index is 0.00000225. The number of aliphatic hydroxyl groups is 1. The molecule has 3 rings (SSSR count). The van der Waals surface area contributed by atoms with Gasteiger partial charge in [-0.15, -0.1) is 0 Å². The van der Waals surface area contributed by atoms with Gasteiger partial charge < -0.3 is 26.9 Å². The van der Waals surface area contributed by atoms with E-state index in [9.17, 15) is 5.11 Å². The predicted molar refractivity (Wildman–Crippen MR) is 100 cm³/mol. The molecule has 7 heteroatoms. The van der Waals surface area contributed by atoms with E-state index in [1.165, 1.54) is 10.6 Å². The van der Waals surface area contributed by atoms with Gasteiger partial charge in [-0.2, -0.15) is 0 Å². The van der Waals surface area contributed by atoms with E-state index in [1.54, 1.807) is 18.0 Å². The summed E-state index contributed by atoms with van der Waals surface area (Å²) in [6.07, 6.45) is 1.71. The van der Waals surface area contributed by atoms with Crippen molar-refractivity contribution in [1.29, 1.82) is 0 Å². The fraction of sp³-hybridized carbons (Fsp3) is 0.389. The first kappa shape index (κ1) is 20.3. The van der Waals surface area contributed by atoms with Gasteiger partial charge in [0.1, 0.15) is 18.4 Å². The number of halogens is 2. The van der Waals surface area contributed by atoms with Gasteiger partial charge in [0.2, 0.25) is 0 Å². The Morgan fingerprint density at radius 2 is 2.00 bits per heavy atom. The fourth-order valence-corrected chi connectivity index (χ4v) is 4.17. The van der Waals surface area contributed by atoms with Gasteiger partial charge in [0.25, 0.3) is 0 Å². The number of anilines is 2. The van der Waals surface area contributed by atoms with Crippen molar-refractivity contribution in [2.45, 2.75) is 22.8 Å². The number of para-hydroxylation sites is 1. The van der Waals surface area contributed by atoms with Gasteiger partial charge in [-0.05, 0) is 25.1 Å². The lowest BCUT2D eigenvalue weighted by Crippen LogP contribution is -3.00. The van der Waals surface area contributed by atoms with Crippen molar-refractivity contribution in [3.8, 4) is 0 Å². The van der Waals surface area contributed by atoms with Crippen LogP contribution in [0.1, 0.15) is 6.92 Å². The first-order valence-electron chi connectivity index (χ1n) is 8.06. The summed E-state index contributed by atoms with van der Waals surface area (Å²) >= 11 is 7.86. The minimum absolute atomic E-state index is 0. The third kappa shape index (κ3) is 4.23. The monoisotopic (exact) mass is 399 g/mol. The maximum atomic E-state index is 9.34. The molecular weight excluding hydrogens is 377 g/mol. The molecule has 136 valence electrons. The average molecular weight is 400 g/mol. The molecule has 25 heavy (non-hydrogen) atoms. The molecule has 1 N–H and O–H groups in total. The quantitative estimate of drug-likeness (QED) is 0.754. The molecule has 4 nitrogen and oxygen atoms in total. The van der Waals surface area contributed by atoms with Gasteiger partial charge in [0.15, 0.2) is 0 Å². The summed E-state index contributed by atoms with van der Waals surface area (Å²) in [7, 11) is 4.31. The van der Waals surface area contributed by atoms with Crippen molar-refractivity contribution in [1.82, 2.24) is 4.98 Å². The molecule has 0 amide bonds. The van der Waals surface area contributed by atoms with E-state index in [2.05, 4.69) is 55.2 Å². The Hall–Kier alpha value is -0.980. The Bertz CT molecular complexity index is 742. The number of hydrogen-bond donors (Lipinski definition) is 1. The summed E-state index contributed by atoms with van der Waals surface area (Å²) in [5, 5.41) is 10.0. The molecule has 2 aromatic rings. The third-order valence-electron chi connectivity index (χ3n) is 4.75. The zero-order chi connectivity index (χ0) is 17.3. The van der Waals surface area contributed by atoms with Crippen molar-refractivity contribution in [2.24, 2.45) is 0 Å². The van der Waals surface area contributed by atoms with Crippen LogP contribution >= 0.6 is 23.4 Å². The molecule has 0 saturated carbocycles. The maximum absolute atomic E-state index is 9.34. The average Bonchev–Trinajstić information content (AvgIpc) is 2.54. The Morgan fingerprint density at radius 3 is 2.72 bits per heavy atom. The Kier molecular flexibility index (Phi) is 6.62. The molecule has 0 saturated heterocycles. The number of hydrogen-bond acceptors (Lipinski definition) is 4. The second-order valence-corrected chi connectivity index (χ2v) is 8.25. The number of pyridine rings is 1. The van der Waals surface area contributed by atoms with E-state index in [1.807, 2.05) is 6.07 Å². The zero-order valence-electron chi connectivity index (χ0n) is 14.6. The second kappa shape index (κ2) is 8.14. The molecule has 0 aliphatic carbocycles. The van der Waals surface area contributed by atoms with E-state index in [4.69, 9.17) is 11.6 Å². The van der Waals surface area contributed by atoms with Crippen LogP contribution in [0.4, 0.5) is 11.5 Å². The van der Waals surface area contributed by atoms with E-state index < -0.39 is 0 Å². The summed E-state index contributed by atoms with van der Waals surface area (Å²) < 4.78 is 0.755. The van der Waals surface area contributed by atoms with Crippen LogP contribution < -0.4 is 17.3 Å². The first-order chi connectivity index (χ1) is 11.4. The Labute approximate surface area is 164 Å². The van der Waals surface area contributed by atoms with Gasteiger partial charge in [-0.25, -0.2) is 4.98 Å². The van der Waals surface area contributed by atoms with Crippen molar-refractivity contribution in [3.63, 3.8) is 0 Å². The maximum Gasteiger partial charge on any atom is 0.147 e. The molecule has 2 heterocycles. The van der Waals surface area contributed by atoms with Crippen molar-refractivity contribution in [3.05, 3.63) is 41.6 Å². The van der Waals surface area contributed by atoms with E-state index in [0.29, 0.717) is 11.1 Å². The van der Waals surface area contributed by atoms with Crippen LogP contribution in [0.25, 0.3) is 0 Å². The normalized spacial score (nSPS) is 14.4. The van der Waals surface area contributed by atoms with Gasteiger partial charge >= 0.3 is 0 Å². The van der Waals surface area contributed by atoms with Gasteiger partial charge in [-0.3, -0.25) is 0 Å². The largest absolute Gasteiger partial charge is 1.00 e. The Morgan fingerprint density at radius 1 is 1.28 bits per heavy atom. The number of aromatic nitrogens is 1. The fourth-order valence-electron chi connectivity index (χ4n) is 2.84. The second-order valence-electron chi connectivity index (χ2n) is 6.73. The van der Waals surface area contributed by atoms with Crippen LogP contribution in [0.5, 0.6) is 0 Å². The van der Waals surface area contributed by atoms with Crippen molar-refractivity contribution < 1.29 is 22.0 Å². The third-order valence-corrected chi connectivity index (χ3v) is 6.04. The summed E-state index contributed by atoms with van der Waals surface area (Å²) in [5.74, 6) is 0.957. The summed E-state index contributed by atoms with van der Waals surface area (Å²) in [6.45, 7) is 3.96. The molecule has 1 atom stereocenters. The van der Waals surface area contributed by atoms with Crippen LogP contribution in [0, 0.1) is 0 Å². The van der Waals surface area contributed by atoms with Crippen LogP contribution in [0.3, 0.4) is 0 Å². The van der Waals surface area contributed by atoms with E-state index >= 15 is 0 Å². The minimum atomic E-state index is 0. The van der Waals surface area contributed by atoms with Gasteiger partial charge in [-0.1, -0.05) is 35.5 Å². The smallest absolute Gasteiger partial charge is 0.147 e. The number of rotatable bonds is 5. The zero-order valence-corrected chi connectivity index (χ0v) is 16.9. The molecule has 0 spiro atoms. The number of likely N-dealkylation sites (N-methyl/N-ethyl adjacent to an activating group) is 1. The first-order valence-corrected chi connectivity index (χ1v) is 9.25. The molecule has 0 bridgehead atoms. The lowest BCUT2D eigenvalue weighted by molar-refractivity contribution is -0.911. The van der Waals surface area contributed by atoms with E-state index in [-0.39, 0.29) is 19.0 Å². The molecule has 1 aliphatic rings. The lowest BCUT2D eigenvalue weighted by Gasteiger charge is -2.40. The predicted octanol–water partition coefficient (Wildman–Crippen LogP) is 0.799. The highest BCUT2D eigenvalue weighted by atomic mass is 35.5. The summed E-state index contributed by atoms with van der Waals surface area (Å²) in [6, 6.07) is 10.7. The van der Waals surface area contributed by atoms with Crippen LogP contribution in [-0.2, 0) is 0 Å². The van der Waals surface area contributed by atoms with Gasteiger partial charge in [0, 0.05) is 11.1 Å². The van der Waals surface area contributed by atoms with Crippen molar-refractivity contribution in [2.75, 3.05) is 38.7 Å². The topological polar surface area (TPSA) is 36.4 Å². The highest BCUT2D eigenvalue weighted by molar-refractivity contribution is 7.99. The highest BCUT2D eigenvalue weighted by Gasteiger charge is 2.31. The number of benzene rings is 1. The molecule has 1 aromatic heterocycles. The van der Waals surface area contributed by atoms with Crippen molar-refractivity contribution >= 4 is 34.9 Å². The summed E-state index contributed by atoms with van der Waals surface area (Å²) in [5.41, 5.74) is 1.18. The molecule has 1 aliphatic heterocycles. The van der Waals surface area contributed by atoms with Crippen LogP contribution in [-0.4, -0.2) is 54.4 Å². The van der Waals surface area contributed by atoms with Crippen LogP contribution in [0.2, 0.25) is 5.02 Å². The summed E-state index contributed by atoms with van der Waals surface area (Å²) in [4.78, 5) is 9.17. The van der Waals surface area contributed by atoms with E-state index in [0.717, 1.165) is 28.3 Å². The minimum Gasteiger partial charge on any atom is -1.00 e. The highest BCUT2D eigenvalue weighted by Crippen LogP contribution is 2.47. The van der Waals surface area contributed by atoms with Gasteiger partial charge in [0.05, 0.1) is 42.9 Å². The molecular formula is C18H23Cl2N3OS. The standard InChI is InChI=1S/C18H23ClN3OS.ClH/c1-13(22(2,3)8-9-23)12-21-15-6-4-5-7-16(15)24-17-10-14(19)11-20-18(17)21;/h4-7,10-11,13,23H,8-9,12H2,1-3H3;1H/q+1;/p-1. The lowest BCUT2D eigenvalue weighted by atomic mass is 10.2. The SMILES string of the molecule is CC(CN1c2ccccc2Sc2cc(Cl)cnc21)[N+](C)(C)CCO.[Cl-]. The number of quaternary nitrogens is 1. The molecule has 1 aromatic carbocycles. The molecule has 0 fully saturated rings. The number of fused-ring (bicyclic) bond motifs is 2. The molecule has 0 radical (unpaired) electrons. The molecule has 1 unspecified atom stereocenters. The number of aliphatic hydroxyl groups excluding tert-OH is 1. The number of nitrogens with zero attached hydrogens (tertiary/aromatic N) is 3.